The van der Waals surface area contributed by atoms with Crippen molar-refractivity contribution in [1.82, 2.24) is 0 Å². The van der Waals surface area contributed by atoms with E-state index in [1.807, 2.05) is 0 Å². The van der Waals surface area contributed by atoms with Crippen LogP contribution in [0.5, 0.6) is 0 Å². The molecule has 1 aliphatic heterocycles. The average Bonchev–Trinajstić information content (AvgIpc) is 2.79. The summed E-state index contributed by atoms with van der Waals surface area (Å²) in [5.74, 6) is 0. The summed E-state index contributed by atoms with van der Waals surface area (Å²) in [6, 6.07) is 32.9. The molecule has 1 fully saturated rings. The van der Waals surface area contributed by atoms with E-state index in [-0.39, 0.29) is 23.3 Å². The molecular weight excluding hydrogens is 443 g/mol. The number of hydrogen-bond acceptors (Lipinski definition) is 2. The lowest BCUT2D eigenvalue weighted by atomic mass is 10.2. The van der Waals surface area contributed by atoms with Crippen molar-refractivity contribution in [1.29, 1.82) is 0 Å². The minimum absolute atomic E-state index is 0. The van der Waals surface area contributed by atoms with Gasteiger partial charge in [0.15, 0.2) is 6.29 Å². The van der Waals surface area contributed by atoms with E-state index in [9.17, 15) is 0 Å². The maximum Gasteiger partial charge on any atom is 0.157 e. The van der Waals surface area contributed by atoms with Crippen LogP contribution in [0.2, 0.25) is 0 Å². The first kappa shape index (κ1) is 22.2. The Morgan fingerprint density at radius 1 is 0.724 bits per heavy atom. The van der Waals surface area contributed by atoms with Crippen molar-refractivity contribution in [3.63, 3.8) is 0 Å². The summed E-state index contributed by atoms with van der Waals surface area (Å²) in [5, 5.41) is 4.21. The molecule has 1 unspecified atom stereocenters. The fraction of sp³-hybridized carbons (Fsp3) is 0.280. The smallest absolute Gasteiger partial charge is 0.157 e. The number of ether oxygens (including phenoxy) is 2. The molecule has 2 nitrogen and oxygen atoms in total. The molecule has 3 aromatic rings. The molecular formula is C25H28BrO2P. The Hall–Kier alpha value is -1.51. The maximum absolute atomic E-state index is 6.21. The Morgan fingerprint density at radius 3 is 1.62 bits per heavy atom. The molecule has 1 saturated heterocycles. The van der Waals surface area contributed by atoms with Crippen LogP contribution < -0.4 is 32.9 Å². The van der Waals surface area contributed by atoms with Gasteiger partial charge in [0.25, 0.3) is 0 Å². The Morgan fingerprint density at radius 2 is 1.21 bits per heavy atom. The van der Waals surface area contributed by atoms with Gasteiger partial charge in [0.1, 0.15) is 23.2 Å². The van der Waals surface area contributed by atoms with Gasteiger partial charge in [-0.1, -0.05) is 54.6 Å². The lowest BCUT2D eigenvalue weighted by molar-refractivity contribution is -0.158. The molecule has 4 rings (SSSR count). The van der Waals surface area contributed by atoms with E-state index in [2.05, 4.69) is 91.0 Å². The second kappa shape index (κ2) is 11.0. The van der Waals surface area contributed by atoms with Crippen LogP contribution in [0.15, 0.2) is 91.0 Å². The summed E-state index contributed by atoms with van der Waals surface area (Å²) in [6.07, 6.45) is 4.28. The SMILES string of the molecule is [Br-].c1ccc([P+](CCOC2CCCCO2)(c2ccccc2)c2ccccc2)cc1. The minimum Gasteiger partial charge on any atom is -1.00 e. The topological polar surface area (TPSA) is 18.5 Å². The number of rotatable bonds is 7. The standard InChI is InChI=1S/C25H28O2P.BrH/c1-4-12-22(13-5-1)28(23-14-6-2-7-15-23,24-16-8-3-9-17-24)21-20-27-25-18-10-11-19-26-25;/h1-9,12-17,25H,10-11,18-21H2;1H/q+1;/p-1. The second-order valence-corrected chi connectivity index (χ2v) is 10.8. The molecule has 4 heteroatoms. The third kappa shape index (κ3) is 5.16. The molecule has 1 atom stereocenters. The van der Waals surface area contributed by atoms with Crippen LogP contribution in [-0.4, -0.2) is 25.7 Å². The molecule has 0 spiro atoms. The molecule has 0 saturated carbocycles. The number of benzene rings is 3. The first-order valence-corrected chi connectivity index (χ1v) is 12.2. The summed E-state index contributed by atoms with van der Waals surface area (Å²) >= 11 is 0. The number of hydrogen-bond donors (Lipinski definition) is 0. The van der Waals surface area contributed by atoms with Crippen LogP contribution in [0, 0.1) is 0 Å². The molecule has 1 heterocycles. The second-order valence-electron chi connectivity index (χ2n) is 7.21. The van der Waals surface area contributed by atoms with Crippen LogP contribution in [0.4, 0.5) is 0 Å². The van der Waals surface area contributed by atoms with E-state index in [1.165, 1.54) is 22.3 Å². The predicted molar refractivity (Wildman–Crippen MR) is 120 cm³/mol. The van der Waals surface area contributed by atoms with Crippen LogP contribution in [0.1, 0.15) is 19.3 Å². The molecule has 0 aliphatic carbocycles. The van der Waals surface area contributed by atoms with Crippen molar-refractivity contribution in [2.24, 2.45) is 0 Å². The normalized spacial score (nSPS) is 16.8. The van der Waals surface area contributed by atoms with Crippen LogP contribution in [-0.2, 0) is 9.47 Å². The van der Waals surface area contributed by atoms with Crippen molar-refractivity contribution in [3.05, 3.63) is 91.0 Å². The van der Waals surface area contributed by atoms with Gasteiger partial charge >= 0.3 is 0 Å². The lowest BCUT2D eigenvalue weighted by Gasteiger charge is -2.29. The van der Waals surface area contributed by atoms with Crippen molar-refractivity contribution in [2.45, 2.75) is 25.6 Å². The van der Waals surface area contributed by atoms with Crippen molar-refractivity contribution in [3.8, 4) is 0 Å². The van der Waals surface area contributed by atoms with E-state index >= 15 is 0 Å². The monoisotopic (exact) mass is 470 g/mol. The zero-order valence-electron chi connectivity index (χ0n) is 16.6. The Kier molecular flexibility index (Phi) is 8.44. The molecule has 0 amide bonds. The lowest BCUT2D eigenvalue weighted by Crippen LogP contribution is -3.00. The van der Waals surface area contributed by atoms with Crippen molar-refractivity contribution >= 4 is 23.2 Å². The molecule has 29 heavy (non-hydrogen) atoms. The van der Waals surface area contributed by atoms with E-state index < -0.39 is 7.26 Å². The fourth-order valence-electron chi connectivity index (χ4n) is 4.05. The molecule has 0 radical (unpaired) electrons. The van der Waals surface area contributed by atoms with Gasteiger partial charge in [0.2, 0.25) is 0 Å². The van der Waals surface area contributed by atoms with Gasteiger partial charge in [-0.05, 0) is 55.7 Å². The Labute approximate surface area is 185 Å². The fourth-order valence-corrected chi connectivity index (χ4v) is 8.14. The molecule has 152 valence electrons. The first-order valence-electron chi connectivity index (χ1n) is 10.2. The highest BCUT2D eigenvalue weighted by Crippen LogP contribution is 2.55. The molecule has 0 bridgehead atoms. The third-order valence-corrected chi connectivity index (χ3v) is 9.85. The third-order valence-electron chi connectivity index (χ3n) is 5.46. The van der Waals surface area contributed by atoms with Crippen LogP contribution in [0.25, 0.3) is 0 Å². The number of halogens is 1. The quantitative estimate of drug-likeness (QED) is 0.487. The van der Waals surface area contributed by atoms with E-state index in [0.29, 0.717) is 6.61 Å². The summed E-state index contributed by atoms with van der Waals surface area (Å²) in [7, 11) is -1.80. The van der Waals surface area contributed by atoms with Crippen molar-refractivity contribution in [2.75, 3.05) is 19.4 Å². The van der Waals surface area contributed by atoms with E-state index in [1.54, 1.807) is 0 Å². The molecule has 0 aromatic heterocycles. The Balaban J connectivity index is 0.00000240. The van der Waals surface area contributed by atoms with Crippen LogP contribution >= 0.6 is 7.26 Å². The van der Waals surface area contributed by atoms with Gasteiger partial charge in [0.05, 0.1) is 12.8 Å². The first-order chi connectivity index (χ1) is 13.9. The summed E-state index contributed by atoms with van der Waals surface area (Å²) in [4.78, 5) is 0. The Bertz CT molecular complexity index is 740. The molecule has 3 aromatic carbocycles. The highest BCUT2D eigenvalue weighted by Gasteiger charge is 2.45. The van der Waals surface area contributed by atoms with Gasteiger partial charge in [-0.3, -0.25) is 0 Å². The minimum atomic E-state index is -1.80. The predicted octanol–water partition coefficient (Wildman–Crippen LogP) is 1.53. The average molecular weight is 471 g/mol. The summed E-state index contributed by atoms with van der Waals surface area (Å²) in [6.45, 7) is 1.53. The van der Waals surface area contributed by atoms with Crippen molar-refractivity contribution < 1.29 is 26.5 Å². The van der Waals surface area contributed by atoms with E-state index in [0.717, 1.165) is 25.6 Å². The van der Waals surface area contributed by atoms with Gasteiger partial charge in [-0.2, -0.15) is 0 Å². The maximum atomic E-state index is 6.21. The zero-order chi connectivity index (χ0) is 19.1. The summed E-state index contributed by atoms with van der Waals surface area (Å²) in [5.41, 5.74) is 0. The van der Waals surface area contributed by atoms with Gasteiger partial charge in [-0.25, -0.2) is 0 Å². The highest BCUT2D eigenvalue weighted by atomic mass is 79.9. The van der Waals surface area contributed by atoms with Gasteiger partial charge in [-0.15, -0.1) is 0 Å². The molecule has 1 aliphatic rings. The van der Waals surface area contributed by atoms with Crippen LogP contribution in [0.3, 0.4) is 0 Å². The van der Waals surface area contributed by atoms with Gasteiger partial charge in [0, 0.05) is 6.61 Å². The zero-order valence-corrected chi connectivity index (χ0v) is 19.1. The molecule has 0 N–H and O–H groups in total. The summed E-state index contributed by atoms with van der Waals surface area (Å²) < 4.78 is 12.0. The van der Waals surface area contributed by atoms with E-state index in [4.69, 9.17) is 9.47 Å². The largest absolute Gasteiger partial charge is 1.00 e. The highest BCUT2D eigenvalue weighted by molar-refractivity contribution is 7.95. The van der Waals surface area contributed by atoms with Gasteiger partial charge < -0.3 is 26.5 Å².